The minimum atomic E-state index is -0.759. The van der Waals surface area contributed by atoms with E-state index in [1.165, 1.54) is 12.3 Å². The maximum atomic E-state index is 12.4. The minimum Gasteiger partial charge on any atom is -0.459 e. The molecule has 2 rings (SSSR count). The fourth-order valence-electron chi connectivity index (χ4n) is 2.09. The Hall–Kier alpha value is -2.45. The molecule has 25 heavy (non-hydrogen) atoms. The molecule has 0 aliphatic rings. The van der Waals surface area contributed by atoms with Crippen molar-refractivity contribution in [2.24, 2.45) is 5.73 Å². The van der Waals surface area contributed by atoms with Crippen molar-refractivity contribution in [2.75, 3.05) is 5.32 Å². The maximum absolute atomic E-state index is 12.4. The number of nitrogens with zero attached hydrogens (tertiary/aromatic N) is 1. The number of primary amides is 1. The van der Waals surface area contributed by atoms with Gasteiger partial charge in [0.25, 0.3) is 11.8 Å². The lowest BCUT2D eigenvalue weighted by molar-refractivity contribution is 0.0383. The molecule has 0 spiro atoms. The zero-order chi connectivity index (χ0) is 18.7. The van der Waals surface area contributed by atoms with Crippen LogP contribution in [0.2, 0.25) is 5.15 Å². The number of carbonyl (C=O) groups is 3. The van der Waals surface area contributed by atoms with E-state index in [0.717, 1.165) is 11.3 Å². The molecule has 132 valence electrons. The van der Waals surface area contributed by atoms with E-state index >= 15 is 0 Å². The number of hydrogen-bond acceptors (Lipinski definition) is 6. The highest BCUT2D eigenvalue weighted by Gasteiger charge is 2.26. The third-order valence-electron chi connectivity index (χ3n) is 3.15. The average Bonchev–Trinajstić information content (AvgIpc) is 2.83. The Bertz CT molecular complexity index is 848. The number of hydrogen-bond donors (Lipinski definition) is 2. The number of nitrogens with one attached hydrogen (secondary N) is 1. The van der Waals surface area contributed by atoms with Gasteiger partial charge in [0.1, 0.15) is 15.0 Å². The van der Waals surface area contributed by atoms with Crippen molar-refractivity contribution in [1.29, 1.82) is 0 Å². The molecule has 0 radical (unpaired) electrons. The van der Waals surface area contributed by atoms with Crippen LogP contribution >= 0.6 is 22.9 Å². The van der Waals surface area contributed by atoms with Gasteiger partial charge in [0.05, 0.1) is 17.2 Å². The zero-order valence-electron chi connectivity index (χ0n) is 13.8. The topological polar surface area (TPSA) is 111 Å². The predicted molar refractivity (Wildman–Crippen MR) is 95.3 cm³/mol. The number of pyridine rings is 1. The van der Waals surface area contributed by atoms with Gasteiger partial charge in [-0.2, -0.15) is 0 Å². The quantitative estimate of drug-likeness (QED) is 0.610. The van der Waals surface area contributed by atoms with Crippen LogP contribution in [0.15, 0.2) is 18.3 Å². The molecule has 7 nitrogen and oxygen atoms in total. The molecule has 2 heterocycles. The summed E-state index contributed by atoms with van der Waals surface area (Å²) in [5, 5.41) is 2.74. The number of halogens is 1. The van der Waals surface area contributed by atoms with Crippen LogP contribution in [0.3, 0.4) is 0 Å². The number of rotatable bonds is 5. The summed E-state index contributed by atoms with van der Waals surface area (Å²) in [6, 6.07) is 3.05. The van der Waals surface area contributed by atoms with Gasteiger partial charge < -0.3 is 15.8 Å². The van der Waals surface area contributed by atoms with E-state index in [1.54, 1.807) is 26.8 Å². The summed E-state index contributed by atoms with van der Waals surface area (Å²) in [6.07, 6.45) is 1.13. The van der Waals surface area contributed by atoms with Gasteiger partial charge in [-0.15, -0.1) is 11.3 Å². The van der Waals surface area contributed by atoms with Crippen molar-refractivity contribution in [3.8, 4) is 0 Å². The number of ether oxygens (including phenoxy) is 1. The summed E-state index contributed by atoms with van der Waals surface area (Å²) in [6.45, 7) is 4.99. The molecule has 0 unspecified atom stereocenters. The highest BCUT2D eigenvalue weighted by atomic mass is 35.5. The van der Waals surface area contributed by atoms with Crippen molar-refractivity contribution in [2.45, 2.75) is 26.9 Å². The summed E-state index contributed by atoms with van der Waals surface area (Å²) >= 11 is 6.82. The summed E-state index contributed by atoms with van der Waals surface area (Å²) in [5.74, 6) is -1.91. The first-order valence-electron chi connectivity index (χ1n) is 7.28. The number of anilines is 1. The minimum absolute atomic E-state index is 0.0216. The first kappa shape index (κ1) is 18.9. The molecule has 0 aliphatic heterocycles. The Balaban J connectivity index is 2.40. The molecule has 0 atom stereocenters. The standard InChI is InChI=1S/C16H16ClN3O4S/c1-7(2)24-16(23)11-8(3)10(13(18)21)15(25-11)20-14(22)9-5-4-6-19-12(9)17/h4-7H,1-3H3,(H2,18,21)(H,20,22). The molecule has 0 saturated carbocycles. The van der Waals surface area contributed by atoms with E-state index in [9.17, 15) is 14.4 Å². The van der Waals surface area contributed by atoms with Crippen molar-refractivity contribution in [1.82, 2.24) is 4.98 Å². The first-order chi connectivity index (χ1) is 11.7. The first-order valence-corrected chi connectivity index (χ1v) is 8.47. The van der Waals surface area contributed by atoms with Crippen LogP contribution in [0.1, 0.15) is 49.8 Å². The van der Waals surface area contributed by atoms with Gasteiger partial charge in [0, 0.05) is 6.20 Å². The van der Waals surface area contributed by atoms with E-state index in [-0.39, 0.29) is 32.3 Å². The van der Waals surface area contributed by atoms with Gasteiger partial charge in [0.2, 0.25) is 0 Å². The van der Waals surface area contributed by atoms with Crippen LogP contribution in [0, 0.1) is 6.92 Å². The zero-order valence-corrected chi connectivity index (χ0v) is 15.3. The number of amides is 2. The lowest BCUT2D eigenvalue weighted by Gasteiger charge is -2.06. The second-order valence-electron chi connectivity index (χ2n) is 5.37. The van der Waals surface area contributed by atoms with Gasteiger partial charge in [-0.25, -0.2) is 9.78 Å². The van der Waals surface area contributed by atoms with Gasteiger partial charge in [-0.3, -0.25) is 9.59 Å². The highest BCUT2D eigenvalue weighted by molar-refractivity contribution is 7.18. The molecule has 2 aromatic heterocycles. The number of thiophene rings is 1. The Morgan fingerprint density at radius 3 is 2.60 bits per heavy atom. The number of aromatic nitrogens is 1. The number of nitrogens with two attached hydrogens (primary N) is 1. The molecule has 0 aliphatic carbocycles. The predicted octanol–water partition coefficient (Wildman–Crippen LogP) is 3.02. The van der Waals surface area contributed by atoms with Crippen molar-refractivity contribution in [3.05, 3.63) is 45.1 Å². The van der Waals surface area contributed by atoms with E-state index in [0.29, 0.717) is 5.56 Å². The Kier molecular flexibility index (Phi) is 5.76. The van der Waals surface area contributed by atoms with Crippen LogP contribution in [-0.4, -0.2) is 28.9 Å². The SMILES string of the molecule is Cc1c(C(=O)OC(C)C)sc(NC(=O)c2cccnc2Cl)c1C(N)=O. The molecule has 2 amide bonds. The van der Waals surface area contributed by atoms with E-state index < -0.39 is 17.8 Å². The van der Waals surface area contributed by atoms with Crippen molar-refractivity contribution in [3.63, 3.8) is 0 Å². The Morgan fingerprint density at radius 1 is 1.36 bits per heavy atom. The fraction of sp³-hybridized carbons (Fsp3) is 0.250. The lowest BCUT2D eigenvalue weighted by Crippen LogP contribution is -2.18. The molecule has 9 heteroatoms. The van der Waals surface area contributed by atoms with Crippen LogP contribution in [0.4, 0.5) is 5.00 Å². The fourth-order valence-corrected chi connectivity index (χ4v) is 3.38. The third kappa shape index (κ3) is 4.15. The van der Waals surface area contributed by atoms with E-state index in [4.69, 9.17) is 22.1 Å². The van der Waals surface area contributed by atoms with Crippen LogP contribution in [0.5, 0.6) is 0 Å². The molecule has 0 saturated heterocycles. The molecule has 2 aromatic rings. The van der Waals surface area contributed by atoms with Gasteiger partial charge in [-0.05, 0) is 38.5 Å². The van der Waals surface area contributed by atoms with E-state index in [1.807, 2.05) is 0 Å². The summed E-state index contributed by atoms with van der Waals surface area (Å²) in [7, 11) is 0. The summed E-state index contributed by atoms with van der Waals surface area (Å²) in [5.41, 5.74) is 5.96. The Labute approximate surface area is 153 Å². The van der Waals surface area contributed by atoms with Crippen LogP contribution < -0.4 is 11.1 Å². The third-order valence-corrected chi connectivity index (χ3v) is 4.64. The number of carbonyl (C=O) groups excluding carboxylic acids is 3. The molecule has 3 N–H and O–H groups in total. The molecule has 0 bridgehead atoms. The van der Waals surface area contributed by atoms with Gasteiger partial charge >= 0.3 is 5.97 Å². The largest absolute Gasteiger partial charge is 0.459 e. The van der Waals surface area contributed by atoms with Crippen LogP contribution in [0.25, 0.3) is 0 Å². The second kappa shape index (κ2) is 7.62. The smallest absolute Gasteiger partial charge is 0.348 e. The molecular weight excluding hydrogens is 366 g/mol. The summed E-state index contributed by atoms with van der Waals surface area (Å²) < 4.78 is 5.15. The summed E-state index contributed by atoms with van der Waals surface area (Å²) in [4.78, 5) is 40.3. The normalized spacial score (nSPS) is 10.6. The highest BCUT2D eigenvalue weighted by Crippen LogP contribution is 2.34. The maximum Gasteiger partial charge on any atom is 0.348 e. The second-order valence-corrected chi connectivity index (χ2v) is 6.75. The van der Waals surface area contributed by atoms with Gasteiger partial charge in [0.15, 0.2) is 0 Å². The monoisotopic (exact) mass is 381 g/mol. The van der Waals surface area contributed by atoms with Crippen molar-refractivity contribution >= 4 is 45.7 Å². The molecule has 0 aromatic carbocycles. The molecular formula is C16H16ClN3O4S. The molecule has 0 fully saturated rings. The Morgan fingerprint density at radius 2 is 2.04 bits per heavy atom. The lowest BCUT2D eigenvalue weighted by atomic mass is 10.1. The average molecular weight is 382 g/mol. The van der Waals surface area contributed by atoms with E-state index in [2.05, 4.69) is 10.3 Å². The number of esters is 1. The van der Waals surface area contributed by atoms with Crippen LogP contribution in [-0.2, 0) is 4.74 Å². The van der Waals surface area contributed by atoms with Crippen molar-refractivity contribution < 1.29 is 19.1 Å². The van der Waals surface area contributed by atoms with Gasteiger partial charge in [-0.1, -0.05) is 11.6 Å².